The van der Waals surface area contributed by atoms with Gasteiger partial charge in [0.1, 0.15) is 5.92 Å². The molecular formula is C18H35NO3. The number of nitrogens with two attached hydrogens (primary N) is 1. The van der Waals surface area contributed by atoms with Crippen LogP contribution in [0, 0.1) is 11.8 Å². The lowest BCUT2D eigenvalue weighted by Gasteiger charge is -2.15. The third-order valence-corrected chi connectivity index (χ3v) is 3.97. The van der Waals surface area contributed by atoms with Gasteiger partial charge in [-0.15, -0.1) is 0 Å². The molecule has 0 radical (unpaired) electrons. The third kappa shape index (κ3) is 10.6. The van der Waals surface area contributed by atoms with Gasteiger partial charge in [-0.25, -0.2) is 0 Å². The molecule has 130 valence electrons. The Balaban J connectivity index is 3.49. The van der Waals surface area contributed by atoms with Crippen LogP contribution in [-0.4, -0.2) is 18.5 Å². The third-order valence-electron chi connectivity index (χ3n) is 3.97. The summed E-state index contributed by atoms with van der Waals surface area (Å²) in [5, 5.41) is 0. The van der Waals surface area contributed by atoms with Crippen molar-refractivity contribution in [1.82, 2.24) is 0 Å². The minimum atomic E-state index is -0.817. The monoisotopic (exact) mass is 313 g/mol. The fourth-order valence-corrected chi connectivity index (χ4v) is 2.57. The summed E-state index contributed by atoms with van der Waals surface area (Å²) >= 11 is 0. The largest absolute Gasteiger partial charge is 0.465 e. The van der Waals surface area contributed by atoms with Crippen LogP contribution in [0.15, 0.2) is 0 Å². The Morgan fingerprint density at radius 1 is 0.864 bits per heavy atom. The zero-order chi connectivity index (χ0) is 16.8. The maximum Gasteiger partial charge on any atom is 0.318 e. The number of carbonyl (C=O) groups excluding carboxylic acids is 2. The molecular weight excluding hydrogens is 278 g/mol. The van der Waals surface area contributed by atoms with Gasteiger partial charge in [0.15, 0.2) is 0 Å². The maximum absolute atomic E-state index is 11.8. The number of ether oxygens (including phenoxy) is 1. The van der Waals surface area contributed by atoms with Crippen molar-refractivity contribution < 1.29 is 14.3 Å². The van der Waals surface area contributed by atoms with Gasteiger partial charge in [0.25, 0.3) is 0 Å². The molecule has 0 unspecified atom stereocenters. The molecule has 22 heavy (non-hydrogen) atoms. The van der Waals surface area contributed by atoms with Gasteiger partial charge in [-0.1, -0.05) is 78.6 Å². The first-order chi connectivity index (χ1) is 10.5. The van der Waals surface area contributed by atoms with E-state index in [1.807, 2.05) is 0 Å². The summed E-state index contributed by atoms with van der Waals surface area (Å²) < 4.78 is 5.16. The number of amides is 1. The van der Waals surface area contributed by atoms with Crippen molar-refractivity contribution >= 4 is 11.9 Å². The van der Waals surface area contributed by atoms with Crippen molar-refractivity contribution in [2.24, 2.45) is 17.6 Å². The van der Waals surface area contributed by atoms with E-state index in [0.29, 0.717) is 6.61 Å². The van der Waals surface area contributed by atoms with Crippen LogP contribution < -0.4 is 5.73 Å². The fraction of sp³-hybridized carbons (Fsp3) is 0.889. The second-order valence-corrected chi connectivity index (χ2v) is 6.47. The topological polar surface area (TPSA) is 69.4 Å². The van der Waals surface area contributed by atoms with Gasteiger partial charge in [0.05, 0.1) is 6.61 Å². The van der Waals surface area contributed by atoms with Gasteiger partial charge in [0, 0.05) is 0 Å². The quantitative estimate of drug-likeness (QED) is 0.297. The number of primary amides is 1. The van der Waals surface area contributed by atoms with Gasteiger partial charge in [-0.2, -0.15) is 0 Å². The molecule has 0 fully saturated rings. The van der Waals surface area contributed by atoms with Crippen LogP contribution in [0.4, 0.5) is 0 Å². The standard InChI is InChI=1S/C18H35NO3/c1-4-5-6-7-8-9-10-11-12-13-14-22-18(21)16(15(2)3)17(19)20/h15-16H,4-14H2,1-3H3,(H2,19,20)/t16-/m1/s1. The maximum atomic E-state index is 11.8. The Labute approximate surface area is 136 Å². The molecule has 0 aromatic carbocycles. The molecule has 1 atom stereocenters. The molecule has 0 aliphatic heterocycles. The SMILES string of the molecule is CCCCCCCCCCCCOC(=O)[C@@H](C(N)=O)C(C)C. The van der Waals surface area contributed by atoms with Crippen molar-refractivity contribution in [3.63, 3.8) is 0 Å². The number of hydrogen-bond donors (Lipinski definition) is 1. The zero-order valence-corrected chi connectivity index (χ0v) is 14.7. The first kappa shape index (κ1) is 20.9. The number of unbranched alkanes of at least 4 members (excludes halogenated alkanes) is 9. The Morgan fingerprint density at radius 3 is 1.73 bits per heavy atom. The highest BCUT2D eigenvalue weighted by atomic mass is 16.5. The number of rotatable bonds is 14. The van der Waals surface area contributed by atoms with Crippen LogP contribution in [0.1, 0.15) is 85.0 Å². The highest BCUT2D eigenvalue weighted by Gasteiger charge is 2.29. The van der Waals surface area contributed by atoms with E-state index in [0.717, 1.165) is 12.8 Å². The Kier molecular flexibility index (Phi) is 12.9. The van der Waals surface area contributed by atoms with Crippen molar-refractivity contribution in [2.45, 2.75) is 85.0 Å². The first-order valence-electron chi connectivity index (χ1n) is 8.96. The van der Waals surface area contributed by atoms with E-state index in [-0.39, 0.29) is 5.92 Å². The molecule has 4 heteroatoms. The molecule has 0 saturated carbocycles. The Morgan fingerprint density at radius 2 is 1.32 bits per heavy atom. The van der Waals surface area contributed by atoms with E-state index in [2.05, 4.69) is 6.92 Å². The predicted molar refractivity (Wildman–Crippen MR) is 90.3 cm³/mol. The average molecular weight is 313 g/mol. The van der Waals surface area contributed by atoms with Crippen LogP contribution >= 0.6 is 0 Å². The van der Waals surface area contributed by atoms with Crippen molar-refractivity contribution in [2.75, 3.05) is 6.61 Å². The molecule has 0 spiro atoms. The van der Waals surface area contributed by atoms with Gasteiger partial charge >= 0.3 is 5.97 Å². The number of carbonyl (C=O) groups is 2. The lowest BCUT2D eigenvalue weighted by molar-refractivity contribution is -0.153. The second kappa shape index (κ2) is 13.6. The molecule has 0 aliphatic rings. The lowest BCUT2D eigenvalue weighted by Crippen LogP contribution is -2.35. The minimum absolute atomic E-state index is 0.113. The van der Waals surface area contributed by atoms with E-state index in [4.69, 9.17) is 10.5 Å². The van der Waals surface area contributed by atoms with Crippen molar-refractivity contribution in [1.29, 1.82) is 0 Å². The van der Waals surface area contributed by atoms with E-state index in [1.165, 1.54) is 51.4 Å². The molecule has 0 aliphatic carbocycles. The normalized spacial score (nSPS) is 12.4. The summed E-state index contributed by atoms with van der Waals surface area (Å²) in [6, 6.07) is 0. The summed E-state index contributed by atoms with van der Waals surface area (Å²) in [6.07, 6.45) is 12.4. The lowest BCUT2D eigenvalue weighted by atomic mass is 9.95. The molecule has 0 saturated heterocycles. The Hall–Kier alpha value is -1.06. The van der Waals surface area contributed by atoms with E-state index in [1.54, 1.807) is 13.8 Å². The first-order valence-corrected chi connectivity index (χ1v) is 8.96. The molecule has 0 bridgehead atoms. The fourth-order valence-electron chi connectivity index (χ4n) is 2.57. The summed E-state index contributed by atoms with van der Waals surface area (Å²) in [6.45, 7) is 6.24. The molecule has 4 nitrogen and oxygen atoms in total. The minimum Gasteiger partial charge on any atom is -0.465 e. The summed E-state index contributed by atoms with van der Waals surface area (Å²) in [5.41, 5.74) is 5.23. The van der Waals surface area contributed by atoms with Crippen LogP contribution in [0.25, 0.3) is 0 Å². The van der Waals surface area contributed by atoms with Crippen LogP contribution in [-0.2, 0) is 14.3 Å². The predicted octanol–water partition coefficient (Wildman–Crippen LogP) is 4.21. The zero-order valence-electron chi connectivity index (χ0n) is 14.7. The molecule has 0 heterocycles. The molecule has 2 N–H and O–H groups in total. The van der Waals surface area contributed by atoms with Gasteiger partial charge in [0.2, 0.25) is 5.91 Å². The Bertz CT molecular complexity index is 303. The van der Waals surface area contributed by atoms with E-state index < -0.39 is 17.8 Å². The number of hydrogen-bond acceptors (Lipinski definition) is 3. The highest BCUT2D eigenvalue weighted by molar-refractivity contribution is 5.97. The average Bonchev–Trinajstić information content (AvgIpc) is 2.44. The summed E-state index contributed by atoms with van der Waals surface area (Å²) in [5.74, 6) is -2.00. The van der Waals surface area contributed by atoms with Crippen molar-refractivity contribution in [3.05, 3.63) is 0 Å². The molecule has 0 aromatic heterocycles. The highest BCUT2D eigenvalue weighted by Crippen LogP contribution is 2.13. The number of esters is 1. The van der Waals surface area contributed by atoms with Gasteiger partial charge in [-0.3, -0.25) is 9.59 Å². The van der Waals surface area contributed by atoms with Crippen molar-refractivity contribution in [3.8, 4) is 0 Å². The van der Waals surface area contributed by atoms with Gasteiger partial charge in [-0.05, 0) is 12.3 Å². The smallest absolute Gasteiger partial charge is 0.318 e. The van der Waals surface area contributed by atoms with Crippen LogP contribution in [0.5, 0.6) is 0 Å². The van der Waals surface area contributed by atoms with E-state index >= 15 is 0 Å². The van der Waals surface area contributed by atoms with E-state index in [9.17, 15) is 9.59 Å². The van der Waals surface area contributed by atoms with Gasteiger partial charge < -0.3 is 10.5 Å². The van der Waals surface area contributed by atoms with Crippen LogP contribution in [0.2, 0.25) is 0 Å². The summed E-state index contributed by atoms with van der Waals surface area (Å²) in [7, 11) is 0. The summed E-state index contributed by atoms with van der Waals surface area (Å²) in [4.78, 5) is 23.0. The molecule has 0 rings (SSSR count). The van der Waals surface area contributed by atoms with Crippen LogP contribution in [0.3, 0.4) is 0 Å². The second-order valence-electron chi connectivity index (χ2n) is 6.47. The molecule has 1 amide bonds. The molecule has 0 aromatic rings.